The molecule has 2 rings (SSSR count). The Bertz CT molecular complexity index is 845. The highest BCUT2D eigenvalue weighted by molar-refractivity contribution is 5.81. The second-order valence-electron chi connectivity index (χ2n) is 7.76. The number of carbonyl (C=O) groups is 2. The fourth-order valence-electron chi connectivity index (χ4n) is 2.84. The SMILES string of the molecule is COC(=O)[C@H](Cc1cccc(CO)c1OCc1ccccc1)NC(=O)OC(C)(C)C. The van der Waals surface area contributed by atoms with Crippen molar-refractivity contribution in [1.82, 2.24) is 5.32 Å². The average Bonchev–Trinajstić information content (AvgIpc) is 2.70. The maximum Gasteiger partial charge on any atom is 0.408 e. The van der Waals surface area contributed by atoms with E-state index < -0.39 is 23.7 Å². The first-order valence-corrected chi connectivity index (χ1v) is 9.69. The van der Waals surface area contributed by atoms with E-state index in [4.69, 9.17) is 14.2 Å². The maximum absolute atomic E-state index is 12.3. The van der Waals surface area contributed by atoms with Crippen molar-refractivity contribution in [1.29, 1.82) is 0 Å². The van der Waals surface area contributed by atoms with E-state index in [1.165, 1.54) is 7.11 Å². The number of alkyl carbamates (subject to hydrolysis) is 1. The van der Waals surface area contributed by atoms with Crippen molar-refractivity contribution >= 4 is 12.1 Å². The first kappa shape index (κ1) is 23.2. The number of para-hydroxylation sites is 1. The van der Waals surface area contributed by atoms with Gasteiger partial charge in [-0.05, 0) is 31.9 Å². The Morgan fingerprint density at radius 1 is 1.03 bits per heavy atom. The molecule has 2 aromatic rings. The van der Waals surface area contributed by atoms with Gasteiger partial charge in [0.05, 0.1) is 13.7 Å². The molecule has 7 nitrogen and oxygen atoms in total. The van der Waals surface area contributed by atoms with E-state index in [1.807, 2.05) is 30.3 Å². The number of hydrogen-bond acceptors (Lipinski definition) is 6. The zero-order valence-electron chi connectivity index (χ0n) is 17.8. The van der Waals surface area contributed by atoms with Crippen LogP contribution < -0.4 is 10.1 Å². The molecule has 0 unspecified atom stereocenters. The zero-order chi connectivity index (χ0) is 22.1. The standard InChI is InChI=1S/C23H29NO6/c1-23(2,3)30-22(27)24-19(21(26)28-4)13-17-11-8-12-18(14-25)20(17)29-15-16-9-6-5-7-10-16/h5-12,19,25H,13-15H2,1-4H3,(H,24,27)/t19-/m0/s1. The molecule has 0 radical (unpaired) electrons. The first-order valence-electron chi connectivity index (χ1n) is 9.69. The number of amides is 1. The minimum absolute atomic E-state index is 0.115. The van der Waals surface area contributed by atoms with Gasteiger partial charge in [0.2, 0.25) is 0 Å². The summed E-state index contributed by atoms with van der Waals surface area (Å²) in [5, 5.41) is 12.3. The molecule has 0 fully saturated rings. The van der Waals surface area contributed by atoms with Crippen LogP contribution in [0.3, 0.4) is 0 Å². The number of rotatable bonds is 8. The molecule has 162 valence electrons. The predicted molar refractivity (Wildman–Crippen MR) is 112 cm³/mol. The number of hydrogen-bond donors (Lipinski definition) is 2. The number of methoxy groups -OCH3 is 1. The maximum atomic E-state index is 12.3. The van der Waals surface area contributed by atoms with Gasteiger partial charge in [-0.3, -0.25) is 0 Å². The van der Waals surface area contributed by atoms with E-state index in [9.17, 15) is 14.7 Å². The van der Waals surface area contributed by atoms with Crippen LogP contribution in [0, 0.1) is 0 Å². The summed E-state index contributed by atoms with van der Waals surface area (Å²) in [6, 6.07) is 13.9. The van der Waals surface area contributed by atoms with Gasteiger partial charge in [-0.2, -0.15) is 0 Å². The average molecular weight is 415 g/mol. The molecule has 0 saturated carbocycles. The monoisotopic (exact) mass is 415 g/mol. The number of aliphatic hydroxyl groups is 1. The molecule has 1 atom stereocenters. The molecule has 0 aromatic heterocycles. The van der Waals surface area contributed by atoms with Gasteiger partial charge in [-0.15, -0.1) is 0 Å². The summed E-state index contributed by atoms with van der Waals surface area (Å²) in [7, 11) is 1.25. The van der Waals surface area contributed by atoms with Crippen LogP contribution in [0.5, 0.6) is 5.75 Å². The molecule has 0 bridgehead atoms. The Balaban J connectivity index is 2.23. The molecule has 30 heavy (non-hydrogen) atoms. The van der Waals surface area contributed by atoms with Crippen molar-refractivity contribution in [2.45, 2.75) is 52.0 Å². The second-order valence-corrected chi connectivity index (χ2v) is 7.76. The van der Waals surface area contributed by atoms with Crippen molar-refractivity contribution in [3.8, 4) is 5.75 Å². The van der Waals surface area contributed by atoms with Crippen molar-refractivity contribution < 1.29 is 28.9 Å². The third-order valence-electron chi connectivity index (χ3n) is 4.18. The van der Waals surface area contributed by atoms with Gasteiger partial charge in [-0.25, -0.2) is 9.59 Å². The lowest BCUT2D eigenvalue weighted by Crippen LogP contribution is -2.45. The molecular weight excluding hydrogens is 386 g/mol. The Morgan fingerprint density at radius 3 is 2.30 bits per heavy atom. The van der Waals surface area contributed by atoms with Crippen LogP contribution in [-0.4, -0.2) is 35.9 Å². The molecule has 1 amide bonds. The number of benzene rings is 2. The Morgan fingerprint density at radius 2 is 1.70 bits per heavy atom. The highest BCUT2D eigenvalue weighted by atomic mass is 16.6. The van der Waals surface area contributed by atoms with Crippen LogP contribution in [0.15, 0.2) is 48.5 Å². The number of nitrogens with one attached hydrogen (secondary N) is 1. The van der Waals surface area contributed by atoms with Gasteiger partial charge in [0.15, 0.2) is 0 Å². The summed E-state index contributed by atoms with van der Waals surface area (Å²) < 4.78 is 16.1. The van der Waals surface area contributed by atoms with Crippen LogP contribution >= 0.6 is 0 Å². The van der Waals surface area contributed by atoms with Gasteiger partial charge in [0, 0.05) is 12.0 Å². The van der Waals surface area contributed by atoms with Crippen molar-refractivity contribution in [2.24, 2.45) is 0 Å². The lowest BCUT2D eigenvalue weighted by molar-refractivity contribution is -0.143. The molecule has 2 aromatic carbocycles. The van der Waals surface area contributed by atoms with Crippen molar-refractivity contribution in [3.05, 3.63) is 65.2 Å². The highest BCUT2D eigenvalue weighted by Gasteiger charge is 2.27. The predicted octanol–water partition coefficient (Wildman–Crippen LogP) is 3.37. The van der Waals surface area contributed by atoms with E-state index in [2.05, 4.69) is 5.32 Å². The van der Waals surface area contributed by atoms with E-state index >= 15 is 0 Å². The zero-order valence-corrected chi connectivity index (χ0v) is 17.8. The van der Waals surface area contributed by atoms with E-state index in [0.717, 1.165) is 5.56 Å². The van der Waals surface area contributed by atoms with Crippen LogP contribution in [0.25, 0.3) is 0 Å². The third-order valence-corrected chi connectivity index (χ3v) is 4.18. The molecular formula is C23H29NO6. The minimum atomic E-state index is -0.974. The first-order chi connectivity index (χ1) is 14.2. The van der Waals surface area contributed by atoms with Crippen molar-refractivity contribution in [3.63, 3.8) is 0 Å². The van der Waals surface area contributed by atoms with E-state index in [1.54, 1.807) is 39.0 Å². The third kappa shape index (κ3) is 7.08. The molecule has 7 heteroatoms. The largest absolute Gasteiger partial charge is 0.488 e. The Hall–Kier alpha value is -3.06. The van der Waals surface area contributed by atoms with Gasteiger partial charge < -0.3 is 24.6 Å². The van der Waals surface area contributed by atoms with Crippen molar-refractivity contribution in [2.75, 3.05) is 7.11 Å². The van der Waals surface area contributed by atoms with Gasteiger partial charge in [0.1, 0.15) is 24.0 Å². The fraction of sp³-hybridized carbons (Fsp3) is 0.391. The molecule has 0 aliphatic carbocycles. The number of aliphatic hydroxyl groups excluding tert-OH is 1. The summed E-state index contributed by atoms with van der Waals surface area (Å²) in [6.07, 6.45) is -0.605. The summed E-state index contributed by atoms with van der Waals surface area (Å²) >= 11 is 0. The Kier molecular flexibility index (Phi) is 8.24. The van der Waals surface area contributed by atoms with Gasteiger partial charge in [-0.1, -0.05) is 48.5 Å². The van der Waals surface area contributed by atoms with Crippen LogP contribution in [-0.2, 0) is 33.9 Å². The Labute approximate surface area is 177 Å². The second kappa shape index (κ2) is 10.6. The molecule has 0 heterocycles. The van der Waals surface area contributed by atoms with E-state index in [-0.39, 0.29) is 13.0 Å². The summed E-state index contributed by atoms with van der Waals surface area (Å²) in [4.78, 5) is 24.5. The van der Waals surface area contributed by atoms with Crippen LogP contribution in [0.2, 0.25) is 0 Å². The quantitative estimate of drug-likeness (QED) is 0.642. The lowest BCUT2D eigenvalue weighted by Gasteiger charge is -2.23. The molecule has 0 aliphatic heterocycles. The van der Waals surface area contributed by atoms with Gasteiger partial charge >= 0.3 is 12.1 Å². The van der Waals surface area contributed by atoms with Gasteiger partial charge in [0.25, 0.3) is 0 Å². The minimum Gasteiger partial charge on any atom is -0.488 e. The number of carbonyl (C=O) groups excluding carboxylic acids is 2. The number of ether oxygens (including phenoxy) is 3. The number of esters is 1. The molecule has 0 saturated heterocycles. The smallest absolute Gasteiger partial charge is 0.408 e. The summed E-state index contributed by atoms with van der Waals surface area (Å²) in [6.45, 7) is 5.29. The molecule has 2 N–H and O–H groups in total. The highest BCUT2D eigenvalue weighted by Crippen LogP contribution is 2.27. The van der Waals surface area contributed by atoms with E-state index in [0.29, 0.717) is 23.5 Å². The summed E-state index contributed by atoms with van der Waals surface area (Å²) in [5.74, 6) is -0.131. The van der Waals surface area contributed by atoms with Crippen LogP contribution in [0.4, 0.5) is 4.79 Å². The van der Waals surface area contributed by atoms with Crippen LogP contribution in [0.1, 0.15) is 37.5 Å². The summed E-state index contributed by atoms with van der Waals surface area (Å²) in [5.41, 5.74) is 1.51. The molecule has 0 aliphatic rings. The fourth-order valence-corrected chi connectivity index (χ4v) is 2.84. The topological polar surface area (TPSA) is 94.1 Å². The lowest BCUT2D eigenvalue weighted by atomic mass is 10.0. The molecule has 0 spiro atoms. The normalized spacial score (nSPS) is 12.0.